The zero-order chi connectivity index (χ0) is 20.0. The third-order valence-electron chi connectivity index (χ3n) is 3.43. The van der Waals surface area contributed by atoms with E-state index in [0.29, 0.717) is 22.4 Å². The highest BCUT2D eigenvalue weighted by Crippen LogP contribution is 2.27. The standard InChI is InChI=1S/C18H17ClN4O3S2/c1-2-26-14-8-10-15(11-9-14)28(24,25)23-20-12-16-17(19)22-18(27-16)21-13-6-4-3-5-7-13/h3-12,23H,2H2,1H3,(H,21,22)/b20-12+. The number of hydrogen-bond donors (Lipinski definition) is 2. The van der Waals surface area contributed by atoms with Gasteiger partial charge >= 0.3 is 0 Å². The Morgan fingerprint density at radius 2 is 1.89 bits per heavy atom. The Kier molecular flexibility index (Phi) is 6.50. The topological polar surface area (TPSA) is 92.7 Å². The van der Waals surface area contributed by atoms with Gasteiger partial charge in [0, 0.05) is 5.69 Å². The molecule has 28 heavy (non-hydrogen) atoms. The number of benzene rings is 2. The number of anilines is 2. The molecule has 0 aliphatic rings. The maximum Gasteiger partial charge on any atom is 0.276 e. The van der Waals surface area contributed by atoms with E-state index in [1.165, 1.54) is 29.7 Å². The van der Waals surface area contributed by atoms with E-state index in [2.05, 4.69) is 20.2 Å². The van der Waals surface area contributed by atoms with Crippen LogP contribution in [0.15, 0.2) is 64.6 Å². The molecule has 1 heterocycles. The van der Waals surface area contributed by atoms with Gasteiger partial charge in [-0.25, -0.2) is 9.82 Å². The summed E-state index contributed by atoms with van der Waals surface area (Å²) in [5.74, 6) is 0.597. The fourth-order valence-corrected chi connectivity index (χ4v) is 4.02. The summed E-state index contributed by atoms with van der Waals surface area (Å²) in [4.78, 5) is 6.96. The monoisotopic (exact) mass is 436 g/mol. The Balaban J connectivity index is 1.66. The van der Waals surface area contributed by atoms with Gasteiger partial charge in [0.2, 0.25) is 0 Å². The second-order valence-corrected chi connectivity index (χ2v) is 8.47. The molecule has 0 aliphatic carbocycles. The first kappa shape index (κ1) is 20.1. The van der Waals surface area contributed by atoms with Crippen LogP contribution >= 0.6 is 22.9 Å². The van der Waals surface area contributed by atoms with E-state index in [9.17, 15) is 8.42 Å². The number of ether oxygens (including phenoxy) is 1. The SMILES string of the molecule is CCOc1ccc(S(=O)(=O)N/N=C/c2sc(Nc3ccccc3)nc2Cl)cc1. The molecule has 0 saturated carbocycles. The van der Waals surface area contributed by atoms with Crippen LogP contribution in [0.1, 0.15) is 11.8 Å². The highest BCUT2D eigenvalue weighted by Gasteiger charge is 2.13. The Bertz CT molecular complexity index is 1050. The van der Waals surface area contributed by atoms with Gasteiger partial charge in [-0.3, -0.25) is 0 Å². The normalized spacial score (nSPS) is 11.5. The van der Waals surface area contributed by atoms with E-state index in [0.717, 1.165) is 5.69 Å². The van der Waals surface area contributed by atoms with Crippen molar-refractivity contribution >= 4 is 50.0 Å². The maximum absolute atomic E-state index is 12.3. The molecule has 0 spiro atoms. The smallest absolute Gasteiger partial charge is 0.276 e. The predicted molar refractivity (Wildman–Crippen MR) is 112 cm³/mol. The molecule has 146 valence electrons. The molecule has 0 saturated heterocycles. The summed E-state index contributed by atoms with van der Waals surface area (Å²) >= 11 is 7.36. The second kappa shape index (κ2) is 9.05. The summed E-state index contributed by atoms with van der Waals surface area (Å²) in [6, 6.07) is 15.6. The lowest BCUT2D eigenvalue weighted by Gasteiger charge is -2.05. The van der Waals surface area contributed by atoms with Crippen molar-refractivity contribution in [2.45, 2.75) is 11.8 Å². The number of nitrogens with one attached hydrogen (secondary N) is 2. The first-order valence-electron chi connectivity index (χ1n) is 8.24. The Labute approximate surface area is 172 Å². The van der Waals surface area contributed by atoms with Gasteiger partial charge in [0.05, 0.1) is 22.6 Å². The van der Waals surface area contributed by atoms with Gasteiger partial charge in [0.25, 0.3) is 10.0 Å². The summed E-state index contributed by atoms with van der Waals surface area (Å²) in [6.07, 6.45) is 1.32. The van der Waals surface area contributed by atoms with Crippen LogP contribution in [0.4, 0.5) is 10.8 Å². The lowest BCUT2D eigenvalue weighted by Crippen LogP contribution is -2.18. The number of sulfonamides is 1. The molecule has 0 unspecified atom stereocenters. The van der Waals surface area contributed by atoms with Crippen molar-refractivity contribution in [1.29, 1.82) is 0 Å². The predicted octanol–water partition coefficient (Wildman–Crippen LogP) is 4.25. The Hall–Kier alpha value is -2.62. The van der Waals surface area contributed by atoms with Crippen LogP contribution in [0.2, 0.25) is 5.15 Å². The van der Waals surface area contributed by atoms with Crippen LogP contribution in [0.25, 0.3) is 0 Å². The molecule has 3 rings (SSSR count). The van der Waals surface area contributed by atoms with Crippen LogP contribution in [0.5, 0.6) is 5.75 Å². The molecule has 0 radical (unpaired) electrons. The van der Waals surface area contributed by atoms with E-state index >= 15 is 0 Å². The zero-order valence-electron chi connectivity index (χ0n) is 14.8. The molecular weight excluding hydrogens is 420 g/mol. The van der Waals surface area contributed by atoms with Crippen LogP contribution < -0.4 is 14.9 Å². The maximum atomic E-state index is 12.3. The van der Waals surface area contributed by atoms with Gasteiger partial charge in [-0.15, -0.1) is 0 Å². The minimum absolute atomic E-state index is 0.0786. The molecule has 2 N–H and O–H groups in total. The zero-order valence-corrected chi connectivity index (χ0v) is 17.2. The first-order valence-corrected chi connectivity index (χ1v) is 10.9. The van der Waals surface area contributed by atoms with Gasteiger partial charge in [-0.05, 0) is 43.3 Å². The van der Waals surface area contributed by atoms with Crippen molar-refractivity contribution in [3.8, 4) is 5.75 Å². The number of hydrazone groups is 1. The third kappa shape index (κ3) is 5.22. The molecule has 7 nitrogen and oxygen atoms in total. The molecule has 0 aliphatic heterocycles. The third-order valence-corrected chi connectivity index (χ3v) is 5.98. The number of nitrogens with zero attached hydrogens (tertiary/aromatic N) is 2. The first-order chi connectivity index (χ1) is 13.5. The van der Waals surface area contributed by atoms with E-state index < -0.39 is 10.0 Å². The van der Waals surface area contributed by atoms with E-state index in [1.807, 2.05) is 37.3 Å². The molecule has 10 heteroatoms. The number of thiazole rings is 1. The van der Waals surface area contributed by atoms with Crippen LogP contribution in [0.3, 0.4) is 0 Å². The van der Waals surface area contributed by atoms with Crippen LogP contribution in [0, 0.1) is 0 Å². The van der Waals surface area contributed by atoms with Crippen molar-refractivity contribution in [1.82, 2.24) is 9.82 Å². The highest BCUT2D eigenvalue weighted by atomic mass is 35.5. The van der Waals surface area contributed by atoms with E-state index in [-0.39, 0.29) is 10.0 Å². The number of halogens is 1. The molecule has 0 fully saturated rings. The van der Waals surface area contributed by atoms with Crippen LogP contribution in [-0.4, -0.2) is 26.2 Å². The summed E-state index contributed by atoms with van der Waals surface area (Å²) in [6.45, 7) is 2.36. The molecule has 3 aromatic rings. The minimum atomic E-state index is -3.79. The van der Waals surface area contributed by atoms with Crippen LogP contribution in [-0.2, 0) is 10.0 Å². The quantitative estimate of drug-likeness (QED) is 0.406. The van der Waals surface area contributed by atoms with E-state index in [1.54, 1.807) is 12.1 Å². The Morgan fingerprint density at radius 1 is 1.18 bits per heavy atom. The summed E-state index contributed by atoms with van der Waals surface area (Å²) < 4.78 is 29.9. The highest BCUT2D eigenvalue weighted by molar-refractivity contribution is 7.89. The fraction of sp³-hybridized carbons (Fsp3) is 0.111. The summed E-state index contributed by atoms with van der Waals surface area (Å²) in [7, 11) is -3.79. The second-order valence-electron chi connectivity index (χ2n) is 5.42. The van der Waals surface area contributed by atoms with E-state index in [4.69, 9.17) is 16.3 Å². The summed E-state index contributed by atoms with van der Waals surface area (Å²) in [5, 5.41) is 7.72. The molecule has 1 aromatic heterocycles. The molecular formula is C18H17ClN4O3S2. The van der Waals surface area contributed by atoms with Crippen molar-refractivity contribution in [2.75, 3.05) is 11.9 Å². The average molecular weight is 437 g/mol. The minimum Gasteiger partial charge on any atom is -0.494 e. The van der Waals surface area contributed by atoms with Gasteiger partial charge < -0.3 is 10.1 Å². The van der Waals surface area contributed by atoms with Gasteiger partial charge in [0.15, 0.2) is 10.3 Å². The average Bonchev–Trinajstić information content (AvgIpc) is 3.02. The number of para-hydroxylation sites is 1. The molecule has 0 atom stereocenters. The van der Waals surface area contributed by atoms with Crippen molar-refractivity contribution in [3.63, 3.8) is 0 Å². The van der Waals surface area contributed by atoms with Gasteiger partial charge in [-0.2, -0.15) is 13.5 Å². The van der Waals surface area contributed by atoms with Crippen molar-refractivity contribution in [3.05, 3.63) is 64.6 Å². The van der Waals surface area contributed by atoms with Crippen molar-refractivity contribution < 1.29 is 13.2 Å². The lowest BCUT2D eigenvalue weighted by molar-refractivity contribution is 0.340. The van der Waals surface area contributed by atoms with Gasteiger partial charge in [0.1, 0.15) is 5.75 Å². The van der Waals surface area contributed by atoms with Gasteiger partial charge in [-0.1, -0.05) is 41.1 Å². The molecule has 2 aromatic carbocycles. The number of aromatic nitrogens is 1. The number of hydrogen-bond acceptors (Lipinski definition) is 7. The fourth-order valence-electron chi connectivity index (χ4n) is 2.18. The van der Waals surface area contributed by atoms with Crippen molar-refractivity contribution in [2.24, 2.45) is 5.10 Å². The largest absolute Gasteiger partial charge is 0.494 e. The molecule has 0 amide bonds. The molecule has 0 bridgehead atoms. The lowest BCUT2D eigenvalue weighted by atomic mass is 10.3. The number of rotatable bonds is 8. The summed E-state index contributed by atoms with van der Waals surface area (Å²) in [5.41, 5.74) is 0.868. The Morgan fingerprint density at radius 3 is 2.57 bits per heavy atom.